The van der Waals surface area contributed by atoms with Gasteiger partial charge in [0.25, 0.3) is 0 Å². The van der Waals surface area contributed by atoms with E-state index in [0.717, 1.165) is 43.9 Å². The Morgan fingerprint density at radius 3 is 2.62 bits per heavy atom. The molecule has 3 atom stereocenters. The maximum atomic E-state index is 12.8. The van der Waals surface area contributed by atoms with E-state index < -0.39 is 0 Å². The first-order chi connectivity index (χ1) is 15.5. The van der Waals surface area contributed by atoms with Crippen molar-refractivity contribution in [3.8, 4) is 0 Å². The van der Waals surface area contributed by atoms with Crippen LogP contribution in [-0.2, 0) is 23.2 Å². The second kappa shape index (κ2) is 8.51. The van der Waals surface area contributed by atoms with Gasteiger partial charge >= 0.3 is 0 Å². The van der Waals surface area contributed by atoms with Crippen LogP contribution in [0.25, 0.3) is 0 Å². The third kappa shape index (κ3) is 4.19. The van der Waals surface area contributed by atoms with Gasteiger partial charge in [0.15, 0.2) is 5.82 Å². The minimum Gasteiger partial charge on any atom is -0.353 e. The van der Waals surface area contributed by atoms with Crippen LogP contribution in [0, 0.1) is 19.8 Å². The Morgan fingerprint density at radius 1 is 1.12 bits per heavy atom. The molecule has 32 heavy (non-hydrogen) atoms. The van der Waals surface area contributed by atoms with Crippen LogP contribution in [-0.4, -0.2) is 40.1 Å². The molecule has 2 heterocycles. The molecule has 2 aromatic carbocycles. The number of nitrogens with zero attached hydrogens (tertiary/aromatic N) is 3. The first kappa shape index (κ1) is 20.9. The minimum absolute atomic E-state index is 0.0804. The number of nitrogens with one attached hydrogen (secondary N) is 1. The zero-order chi connectivity index (χ0) is 22.1. The molecule has 3 aromatic rings. The molecule has 1 saturated carbocycles. The number of hydrogen-bond acceptors (Lipinski definition) is 5. The third-order valence-electron chi connectivity index (χ3n) is 7.00. The fourth-order valence-electron chi connectivity index (χ4n) is 5.55. The largest absolute Gasteiger partial charge is 0.353 e. The Morgan fingerprint density at radius 2 is 1.91 bits per heavy atom. The number of rotatable bonds is 6. The standard InChI is InChI=1S/C26H30N4O2/c1-18-8-10-20(11-9-18)12-24(31)28-23-13-22-16-30(15-21-6-4-3-5-7-21)17-26(22,14-23)25-27-19(2)29-32-25/h3-11,22-23H,12-17H2,1-2H3,(H,28,31). The molecule has 6 heteroatoms. The predicted molar refractivity (Wildman–Crippen MR) is 122 cm³/mol. The van der Waals surface area contributed by atoms with Gasteiger partial charge in [-0.25, -0.2) is 0 Å². The van der Waals surface area contributed by atoms with E-state index in [1.807, 2.05) is 19.1 Å². The molecule has 1 saturated heterocycles. The summed E-state index contributed by atoms with van der Waals surface area (Å²) >= 11 is 0. The molecule has 0 spiro atoms. The Kier molecular flexibility index (Phi) is 5.55. The van der Waals surface area contributed by atoms with Crippen molar-refractivity contribution < 1.29 is 9.32 Å². The number of hydrogen-bond donors (Lipinski definition) is 1. The molecule has 2 fully saturated rings. The summed E-state index contributed by atoms with van der Waals surface area (Å²) in [7, 11) is 0. The van der Waals surface area contributed by atoms with Crippen molar-refractivity contribution >= 4 is 5.91 Å². The molecular formula is C26H30N4O2. The summed E-state index contributed by atoms with van der Waals surface area (Å²) in [5, 5.41) is 7.37. The normalized spacial score (nSPS) is 25.1. The topological polar surface area (TPSA) is 71.3 Å². The minimum atomic E-state index is -0.197. The lowest BCUT2D eigenvalue weighted by Crippen LogP contribution is -2.38. The van der Waals surface area contributed by atoms with Crippen LogP contribution >= 0.6 is 0 Å². The molecule has 166 valence electrons. The Bertz CT molecular complexity index is 1080. The smallest absolute Gasteiger partial charge is 0.234 e. The molecule has 3 unspecified atom stereocenters. The van der Waals surface area contributed by atoms with Crippen molar-refractivity contribution in [2.75, 3.05) is 13.1 Å². The number of fused-ring (bicyclic) bond motifs is 1. The van der Waals surface area contributed by atoms with Crippen molar-refractivity contribution in [3.63, 3.8) is 0 Å². The fraction of sp³-hybridized carbons (Fsp3) is 0.423. The van der Waals surface area contributed by atoms with Gasteiger partial charge in [0.1, 0.15) is 0 Å². The van der Waals surface area contributed by atoms with Gasteiger partial charge in [0.05, 0.1) is 11.8 Å². The first-order valence-electron chi connectivity index (χ1n) is 11.4. The second-order valence-electron chi connectivity index (χ2n) is 9.52. The highest BCUT2D eigenvalue weighted by atomic mass is 16.5. The second-order valence-corrected chi connectivity index (χ2v) is 9.52. The van der Waals surface area contributed by atoms with E-state index in [9.17, 15) is 4.79 Å². The molecule has 6 nitrogen and oxygen atoms in total. The summed E-state index contributed by atoms with van der Waals surface area (Å²) in [5.74, 6) is 1.86. The van der Waals surface area contributed by atoms with Crippen molar-refractivity contribution in [1.29, 1.82) is 0 Å². The molecule has 1 aromatic heterocycles. The Balaban J connectivity index is 1.29. The quantitative estimate of drug-likeness (QED) is 0.647. The summed E-state index contributed by atoms with van der Waals surface area (Å²) in [5.41, 5.74) is 3.36. The van der Waals surface area contributed by atoms with Crippen LogP contribution in [0.15, 0.2) is 59.1 Å². The van der Waals surface area contributed by atoms with Gasteiger partial charge in [0, 0.05) is 25.7 Å². The number of amides is 1. The molecule has 1 aliphatic heterocycles. The highest BCUT2D eigenvalue weighted by molar-refractivity contribution is 5.79. The van der Waals surface area contributed by atoms with Gasteiger partial charge in [-0.15, -0.1) is 0 Å². The first-order valence-corrected chi connectivity index (χ1v) is 11.4. The Labute approximate surface area is 189 Å². The third-order valence-corrected chi connectivity index (χ3v) is 7.00. The van der Waals surface area contributed by atoms with Gasteiger partial charge in [0.2, 0.25) is 11.8 Å². The SMILES string of the molecule is Cc1ccc(CC(=O)NC2CC3CN(Cc4ccccc4)CC3(c3nc(C)no3)C2)cc1. The van der Waals surface area contributed by atoms with E-state index in [1.54, 1.807) is 0 Å². The summed E-state index contributed by atoms with van der Waals surface area (Å²) in [4.78, 5) is 19.9. The molecule has 1 N–H and O–H groups in total. The van der Waals surface area contributed by atoms with E-state index in [-0.39, 0.29) is 17.4 Å². The zero-order valence-electron chi connectivity index (χ0n) is 18.8. The van der Waals surface area contributed by atoms with Crippen LogP contribution in [0.1, 0.15) is 41.2 Å². The van der Waals surface area contributed by atoms with E-state index in [4.69, 9.17) is 4.52 Å². The van der Waals surface area contributed by atoms with E-state index in [1.165, 1.54) is 11.1 Å². The van der Waals surface area contributed by atoms with Crippen molar-refractivity contribution in [2.24, 2.45) is 5.92 Å². The Hall–Kier alpha value is -2.99. The van der Waals surface area contributed by atoms with E-state index >= 15 is 0 Å². The van der Waals surface area contributed by atoms with Crippen LogP contribution in [0.2, 0.25) is 0 Å². The fourth-order valence-corrected chi connectivity index (χ4v) is 5.55. The average Bonchev–Trinajstić information content (AvgIpc) is 3.43. The number of carbonyl (C=O) groups excluding carboxylic acids is 1. The van der Waals surface area contributed by atoms with Gasteiger partial charge in [-0.1, -0.05) is 65.3 Å². The summed E-state index contributed by atoms with van der Waals surface area (Å²) < 4.78 is 5.71. The average molecular weight is 431 g/mol. The van der Waals surface area contributed by atoms with Crippen LogP contribution in [0.3, 0.4) is 0 Å². The lowest BCUT2D eigenvalue weighted by Gasteiger charge is -2.25. The van der Waals surface area contributed by atoms with Crippen molar-refractivity contribution in [2.45, 2.75) is 51.1 Å². The number of carbonyl (C=O) groups is 1. The highest BCUT2D eigenvalue weighted by Crippen LogP contribution is 2.50. The molecule has 1 aliphatic carbocycles. The molecule has 2 aliphatic rings. The number of likely N-dealkylation sites (tertiary alicyclic amines) is 1. The van der Waals surface area contributed by atoms with Gasteiger partial charge in [-0.05, 0) is 43.7 Å². The lowest BCUT2D eigenvalue weighted by molar-refractivity contribution is -0.121. The van der Waals surface area contributed by atoms with Crippen molar-refractivity contribution in [3.05, 3.63) is 83.0 Å². The van der Waals surface area contributed by atoms with Crippen LogP contribution in [0.5, 0.6) is 0 Å². The highest BCUT2D eigenvalue weighted by Gasteiger charge is 2.57. The summed E-state index contributed by atoms with van der Waals surface area (Å²) in [6.07, 6.45) is 2.19. The van der Waals surface area contributed by atoms with Gasteiger partial charge < -0.3 is 9.84 Å². The monoisotopic (exact) mass is 430 g/mol. The van der Waals surface area contributed by atoms with Gasteiger partial charge in [-0.3, -0.25) is 9.69 Å². The molecule has 0 bridgehead atoms. The molecule has 5 rings (SSSR count). The number of aryl methyl sites for hydroxylation is 2. The summed E-state index contributed by atoms with van der Waals surface area (Å²) in [6, 6.07) is 18.9. The maximum Gasteiger partial charge on any atom is 0.234 e. The molecule has 1 amide bonds. The molecule has 0 radical (unpaired) electrons. The zero-order valence-corrected chi connectivity index (χ0v) is 18.8. The molecular weight excluding hydrogens is 400 g/mol. The predicted octanol–water partition coefficient (Wildman–Crippen LogP) is 3.58. The van der Waals surface area contributed by atoms with Crippen LogP contribution < -0.4 is 5.32 Å². The maximum absolute atomic E-state index is 12.8. The summed E-state index contributed by atoms with van der Waals surface area (Å²) in [6.45, 7) is 6.68. The van der Waals surface area contributed by atoms with E-state index in [2.05, 4.69) is 69.7 Å². The van der Waals surface area contributed by atoms with Gasteiger partial charge in [-0.2, -0.15) is 4.98 Å². The number of aromatic nitrogens is 2. The number of benzene rings is 2. The van der Waals surface area contributed by atoms with Crippen LogP contribution in [0.4, 0.5) is 0 Å². The van der Waals surface area contributed by atoms with E-state index in [0.29, 0.717) is 18.2 Å². The van der Waals surface area contributed by atoms with Crippen molar-refractivity contribution in [1.82, 2.24) is 20.4 Å². The lowest BCUT2D eigenvalue weighted by atomic mass is 9.80.